The molecule has 1 aliphatic rings. The van der Waals surface area contributed by atoms with Crippen molar-refractivity contribution in [2.75, 3.05) is 6.54 Å². The number of carbonyl (C=O) groups excluding carboxylic acids is 1. The van der Waals surface area contributed by atoms with Crippen LogP contribution in [-0.4, -0.2) is 32.7 Å². The van der Waals surface area contributed by atoms with Crippen LogP contribution in [0.25, 0.3) is 11.3 Å². The zero-order valence-corrected chi connectivity index (χ0v) is 15.3. The molecule has 0 bridgehead atoms. The summed E-state index contributed by atoms with van der Waals surface area (Å²) in [5.74, 6) is 0.557. The van der Waals surface area contributed by atoms with Crippen LogP contribution in [-0.2, 0) is 0 Å². The van der Waals surface area contributed by atoms with Gasteiger partial charge >= 0.3 is 0 Å². The van der Waals surface area contributed by atoms with Crippen LogP contribution in [0.3, 0.4) is 0 Å². The molecule has 27 heavy (non-hydrogen) atoms. The van der Waals surface area contributed by atoms with Gasteiger partial charge < -0.3 is 9.42 Å². The van der Waals surface area contributed by atoms with E-state index >= 15 is 0 Å². The number of rotatable bonds is 4. The van der Waals surface area contributed by atoms with E-state index in [4.69, 9.17) is 4.52 Å². The van der Waals surface area contributed by atoms with Gasteiger partial charge in [0.05, 0.1) is 23.5 Å². The molecule has 140 valence electrons. The standard InChI is InChI=1S/C20H21FN4O2/c1-12(2)18-10-16(24-27-18)17-7-4-8-25(17)20(26)15-11-22-23-19(15)13-5-3-6-14(21)9-13/h3,5-6,9-12,17H,4,7-8H2,1-2H3,(H,22,23)/t17-/m1/s1. The van der Waals surface area contributed by atoms with Crippen LogP contribution in [0.15, 0.2) is 41.1 Å². The highest BCUT2D eigenvalue weighted by Crippen LogP contribution is 2.35. The minimum absolute atomic E-state index is 0.121. The van der Waals surface area contributed by atoms with E-state index in [1.807, 2.05) is 19.9 Å². The molecule has 0 saturated carbocycles. The Hall–Kier alpha value is -2.96. The Labute approximate surface area is 156 Å². The molecule has 4 rings (SSSR count). The molecule has 1 N–H and O–H groups in total. The van der Waals surface area contributed by atoms with Crippen molar-refractivity contribution >= 4 is 5.91 Å². The summed E-state index contributed by atoms with van der Waals surface area (Å²) in [5.41, 5.74) is 2.32. The second-order valence-corrected chi connectivity index (χ2v) is 7.13. The molecule has 0 aliphatic carbocycles. The van der Waals surface area contributed by atoms with E-state index < -0.39 is 0 Å². The van der Waals surface area contributed by atoms with Crippen molar-refractivity contribution in [3.63, 3.8) is 0 Å². The molecule has 2 aromatic heterocycles. The van der Waals surface area contributed by atoms with Gasteiger partial charge in [0, 0.05) is 24.1 Å². The van der Waals surface area contributed by atoms with Gasteiger partial charge in [-0.3, -0.25) is 9.89 Å². The molecular formula is C20H21FN4O2. The minimum Gasteiger partial charge on any atom is -0.361 e. The number of carbonyl (C=O) groups is 1. The van der Waals surface area contributed by atoms with Gasteiger partial charge in [0.25, 0.3) is 5.91 Å². The van der Waals surface area contributed by atoms with E-state index in [0.717, 1.165) is 24.3 Å². The van der Waals surface area contributed by atoms with Gasteiger partial charge in [0.1, 0.15) is 17.3 Å². The van der Waals surface area contributed by atoms with E-state index in [0.29, 0.717) is 23.4 Å². The molecule has 1 saturated heterocycles. The number of nitrogens with zero attached hydrogens (tertiary/aromatic N) is 3. The fraction of sp³-hybridized carbons (Fsp3) is 0.350. The van der Waals surface area contributed by atoms with E-state index in [9.17, 15) is 9.18 Å². The number of likely N-dealkylation sites (tertiary alicyclic amines) is 1. The van der Waals surface area contributed by atoms with Crippen molar-refractivity contribution in [2.24, 2.45) is 0 Å². The zero-order chi connectivity index (χ0) is 19.0. The Morgan fingerprint density at radius 3 is 2.96 bits per heavy atom. The summed E-state index contributed by atoms with van der Waals surface area (Å²) in [6, 6.07) is 7.93. The average Bonchev–Trinajstić information content (AvgIpc) is 3.40. The van der Waals surface area contributed by atoms with Crippen LogP contribution in [0, 0.1) is 5.82 Å². The van der Waals surface area contributed by atoms with Crippen molar-refractivity contribution in [1.29, 1.82) is 0 Å². The lowest BCUT2D eigenvalue weighted by Crippen LogP contribution is -2.30. The first kappa shape index (κ1) is 17.5. The molecule has 1 atom stereocenters. The molecule has 0 radical (unpaired) electrons. The lowest BCUT2D eigenvalue weighted by atomic mass is 10.1. The normalized spacial score (nSPS) is 17.0. The molecule has 1 aromatic carbocycles. The summed E-state index contributed by atoms with van der Waals surface area (Å²) in [6.45, 7) is 4.72. The highest BCUT2D eigenvalue weighted by molar-refractivity contribution is 6.00. The Balaban J connectivity index is 1.63. The van der Waals surface area contributed by atoms with Crippen LogP contribution in [0.4, 0.5) is 4.39 Å². The maximum atomic E-state index is 13.6. The number of hydrogen-bond donors (Lipinski definition) is 1. The van der Waals surface area contributed by atoms with Gasteiger partial charge in [0.15, 0.2) is 0 Å². The number of halogens is 1. The van der Waals surface area contributed by atoms with Crippen LogP contribution in [0.1, 0.15) is 60.5 Å². The van der Waals surface area contributed by atoms with Crippen molar-refractivity contribution in [1.82, 2.24) is 20.3 Å². The van der Waals surface area contributed by atoms with Crippen LogP contribution in [0.5, 0.6) is 0 Å². The van der Waals surface area contributed by atoms with Crippen molar-refractivity contribution in [3.8, 4) is 11.3 Å². The van der Waals surface area contributed by atoms with Crippen LogP contribution < -0.4 is 0 Å². The predicted molar refractivity (Wildman–Crippen MR) is 97.6 cm³/mol. The summed E-state index contributed by atoms with van der Waals surface area (Å²) in [5, 5.41) is 11.0. The van der Waals surface area contributed by atoms with Crippen molar-refractivity contribution in [2.45, 2.75) is 38.6 Å². The summed E-state index contributed by atoms with van der Waals surface area (Å²) in [4.78, 5) is 15.0. The van der Waals surface area contributed by atoms with E-state index in [-0.39, 0.29) is 23.7 Å². The molecule has 1 amide bonds. The smallest absolute Gasteiger partial charge is 0.258 e. The quantitative estimate of drug-likeness (QED) is 0.745. The third kappa shape index (κ3) is 3.25. The summed E-state index contributed by atoms with van der Waals surface area (Å²) in [6.07, 6.45) is 3.23. The summed E-state index contributed by atoms with van der Waals surface area (Å²) >= 11 is 0. The molecule has 1 fully saturated rings. The highest BCUT2D eigenvalue weighted by Gasteiger charge is 2.34. The van der Waals surface area contributed by atoms with Gasteiger partial charge in [-0.15, -0.1) is 0 Å². The maximum absolute atomic E-state index is 13.6. The number of hydrogen-bond acceptors (Lipinski definition) is 4. The van der Waals surface area contributed by atoms with Crippen LogP contribution >= 0.6 is 0 Å². The molecule has 0 unspecified atom stereocenters. The minimum atomic E-state index is -0.358. The number of benzene rings is 1. The fourth-order valence-corrected chi connectivity index (χ4v) is 3.52. The van der Waals surface area contributed by atoms with Crippen molar-refractivity contribution in [3.05, 3.63) is 59.4 Å². The average molecular weight is 368 g/mol. The summed E-state index contributed by atoms with van der Waals surface area (Å²) in [7, 11) is 0. The lowest BCUT2D eigenvalue weighted by molar-refractivity contribution is 0.0731. The number of aromatic amines is 1. The SMILES string of the molecule is CC(C)c1cc([C@H]2CCCN2C(=O)c2cn[nH]c2-c2cccc(F)c2)no1. The predicted octanol–water partition coefficient (Wildman–Crippen LogP) is 4.30. The monoisotopic (exact) mass is 368 g/mol. The molecule has 1 aliphatic heterocycles. The van der Waals surface area contributed by atoms with Gasteiger partial charge in [-0.1, -0.05) is 31.1 Å². The molecule has 6 nitrogen and oxygen atoms in total. The number of aromatic nitrogens is 3. The molecule has 7 heteroatoms. The fourth-order valence-electron chi connectivity index (χ4n) is 3.52. The molecular weight excluding hydrogens is 347 g/mol. The first-order valence-corrected chi connectivity index (χ1v) is 9.11. The Morgan fingerprint density at radius 2 is 2.22 bits per heavy atom. The third-order valence-electron chi connectivity index (χ3n) is 4.95. The topological polar surface area (TPSA) is 75.0 Å². The van der Waals surface area contributed by atoms with Gasteiger partial charge in [0.2, 0.25) is 0 Å². The maximum Gasteiger partial charge on any atom is 0.258 e. The number of H-pyrrole nitrogens is 1. The number of amides is 1. The largest absolute Gasteiger partial charge is 0.361 e. The summed E-state index contributed by atoms with van der Waals surface area (Å²) < 4.78 is 19.0. The third-order valence-corrected chi connectivity index (χ3v) is 4.95. The van der Waals surface area contributed by atoms with Gasteiger partial charge in [-0.05, 0) is 25.0 Å². The zero-order valence-electron chi connectivity index (χ0n) is 15.3. The van der Waals surface area contributed by atoms with Crippen LogP contribution in [0.2, 0.25) is 0 Å². The van der Waals surface area contributed by atoms with Gasteiger partial charge in [-0.25, -0.2) is 4.39 Å². The lowest BCUT2D eigenvalue weighted by Gasteiger charge is -2.23. The second kappa shape index (κ2) is 6.98. The Bertz CT molecular complexity index is 962. The molecule has 3 heterocycles. The Kier molecular flexibility index (Phi) is 4.51. The molecule has 0 spiro atoms. The Morgan fingerprint density at radius 1 is 1.37 bits per heavy atom. The van der Waals surface area contributed by atoms with E-state index in [1.54, 1.807) is 17.0 Å². The highest BCUT2D eigenvalue weighted by atomic mass is 19.1. The first-order valence-electron chi connectivity index (χ1n) is 9.11. The second-order valence-electron chi connectivity index (χ2n) is 7.13. The first-order chi connectivity index (χ1) is 13.0. The van der Waals surface area contributed by atoms with Gasteiger partial charge in [-0.2, -0.15) is 5.10 Å². The van der Waals surface area contributed by atoms with E-state index in [1.165, 1.54) is 18.3 Å². The van der Waals surface area contributed by atoms with E-state index in [2.05, 4.69) is 15.4 Å². The molecule has 3 aromatic rings. The van der Waals surface area contributed by atoms with Crippen molar-refractivity contribution < 1.29 is 13.7 Å². The number of nitrogens with one attached hydrogen (secondary N) is 1.